The maximum absolute atomic E-state index is 13.3. The van der Waals surface area contributed by atoms with Gasteiger partial charge in [-0.3, -0.25) is 0 Å². The van der Waals surface area contributed by atoms with Gasteiger partial charge in [0.25, 0.3) is 0 Å². The maximum atomic E-state index is 13.3. The van der Waals surface area contributed by atoms with Gasteiger partial charge in [-0.2, -0.15) is 0 Å². The largest absolute Gasteiger partial charge is 0.310 e. The third-order valence-corrected chi connectivity index (χ3v) is 3.61. The Hall–Kier alpha value is -1.38. The van der Waals surface area contributed by atoms with Gasteiger partial charge >= 0.3 is 0 Å². The van der Waals surface area contributed by atoms with Crippen LogP contribution < -0.4 is 5.32 Å². The summed E-state index contributed by atoms with van der Waals surface area (Å²) in [6, 6.07) is 11.5. The second-order valence-electron chi connectivity index (χ2n) is 5.31. The Bertz CT molecular complexity index is 608. The number of hydrogen-bond acceptors (Lipinski definition) is 1. The quantitative estimate of drug-likeness (QED) is 0.840. The highest BCUT2D eigenvalue weighted by molar-refractivity contribution is 6.31. The van der Waals surface area contributed by atoms with Gasteiger partial charge in [-0.15, -0.1) is 0 Å². The summed E-state index contributed by atoms with van der Waals surface area (Å²) in [4.78, 5) is 0. The molecular formula is C17H19ClFN. The molecule has 0 aromatic heterocycles. The van der Waals surface area contributed by atoms with Crippen LogP contribution in [-0.2, 0) is 6.54 Å². The lowest BCUT2D eigenvalue weighted by atomic mass is 10.0. The van der Waals surface area contributed by atoms with Gasteiger partial charge in [0.1, 0.15) is 5.82 Å². The van der Waals surface area contributed by atoms with Gasteiger partial charge in [-0.25, -0.2) is 4.39 Å². The molecule has 0 spiro atoms. The molecule has 1 nitrogen and oxygen atoms in total. The van der Waals surface area contributed by atoms with E-state index >= 15 is 0 Å². The minimum absolute atomic E-state index is 0.176. The lowest BCUT2D eigenvalue weighted by Crippen LogP contribution is -2.21. The van der Waals surface area contributed by atoms with E-state index in [1.807, 2.05) is 18.2 Å². The van der Waals surface area contributed by atoms with Crippen molar-refractivity contribution in [1.29, 1.82) is 0 Å². The summed E-state index contributed by atoms with van der Waals surface area (Å²) in [7, 11) is 0. The smallest absolute Gasteiger partial charge is 0.126 e. The highest BCUT2D eigenvalue weighted by Crippen LogP contribution is 2.26. The van der Waals surface area contributed by atoms with Crippen molar-refractivity contribution in [1.82, 2.24) is 5.32 Å². The van der Waals surface area contributed by atoms with Crippen LogP contribution in [0, 0.1) is 12.7 Å². The van der Waals surface area contributed by atoms with Crippen molar-refractivity contribution in [2.24, 2.45) is 0 Å². The van der Waals surface area contributed by atoms with E-state index in [1.54, 1.807) is 13.0 Å². The molecule has 0 aliphatic rings. The Labute approximate surface area is 124 Å². The van der Waals surface area contributed by atoms with Crippen LogP contribution in [0.5, 0.6) is 0 Å². The molecule has 0 heterocycles. The highest BCUT2D eigenvalue weighted by Gasteiger charge is 2.06. The molecule has 0 aliphatic carbocycles. The lowest BCUT2D eigenvalue weighted by molar-refractivity contribution is 0.589. The summed E-state index contributed by atoms with van der Waals surface area (Å²) >= 11 is 6.22. The predicted molar refractivity (Wildman–Crippen MR) is 83.6 cm³/mol. The van der Waals surface area contributed by atoms with Crippen molar-refractivity contribution in [2.75, 3.05) is 0 Å². The Kier molecular flexibility index (Phi) is 4.79. The molecule has 2 aromatic carbocycles. The summed E-state index contributed by atoms with van der Waals surface area (Å²) in [5.74, 6) is -0.176. The predicted octanol–water partition coefficient (Wildman–Crippen LogP) is 4.95. The molecule has 0 atom stereocenters. The molecule has 0 aliphatic heterocycles. The Morgan fingerprint density at radius 2 is 1.75 bits per heavy atom. The van der Waals surface area contributed by atoms with Gasteiger partial charge in [0, 0.05) is 17.6 Å². The normalized spacial score (nSPS) is 11.1. The first kappa shape index (κ1) is 15.0. The molecule has 0 unspecified atom stereocenters. The van der Waals surface area contributed by atoms with Crippen LogP contribution in [-0.4, -0.2) is 6.04 Å². The zero-order valence-corrected chi connectivity index (χ0v) is 12.8. The van der Waals surface area contributed by atoms with Crippen molar-refractivity contribution in [3.63, 3.8) is 0 Å². The molecule has 0 amide bonds. The van der Waals surface area contributed by atoms with E-state index in [-0.39, 0.29) is 5.82 Å². The fourth-order valence-corrected chi connectivity index (χ4v) is 2.21. The van der Waals surface area contributed by atoms with E-state index in [4.69, 9.17) is 11.6 Å². The van der Waals surface area contributed by atoms with E-state index in [2.05, 4.69) is 25.2 Å². The summed E-state index contributed by atoms with van der Waals surface area (Å²) in [6.07, 6.45) is 0. The van der Waals surface area contributed by atoms with E-state index in [1.165, 1.54) is 6.07 Å². The number of nitrogens with one attached hydrogen (secondary N) is 1. The van der Waals surface area contributed by atoms with Gasteiger partial charge in [0.2, 0.25) is 0 Å². The second-order valence-corrected chi connectivity index (χ2v) is 5.71. The highest BCUT2D eigenvalue weighted by atomic mass is 35.5. The first-order chi connectivity index (χ1) is 9.47. The number of halogens is 2. The number of benzene rings is 2. The van der Waals surface area contributed by atoms with Crippen molar-refractivity contribution in [3.8, 4) is 11.1 Å². The first-order valence-corrected chi connectivity index (χ1v) is 7.13. The summed E-state index contributed by atoms with van der Waals surface area (Å²) in [6.45, 7) is 6.70. The van der Waals surface area contributed by atoms with Crippen molar-refractivity contribution >= 4 is 11.6 Å². The number of hydrogen-bond donors (Lipinski definition) is 1. The van der Waals surface area contributed by atoms with Gasteiger partial charge in [-0.05, 0) is 53.4 Å². The molecule has 0 radical (unpaired) electrons. The van der Waals surface area contributed by atoms with Crippen LogP contribution in [0.25, 0.3) is 11.1 Å². The molecule has 0 saturated heterocycles. The molecule has 0 saturated carbocycles. The van der Waals surface area contributed by atoms with E-state index in [0.717, 1.165) is 28.3 Å². The van der Waals surface area contributed by atoms with Crippen LogP contribution in [0.4, 0.5) is 4.39 Å². The monoisotopic (exact) mass is 291 g/mol. The van der Waals surface area contributed by atoms with Gasteiger partial charge in [-0.1, -0.05) is 37.6 Å². The van der Waals surface area contributed by atoms with Crippen LogP contribution in [0.2, 0.25) is 5.02 Å². The van der Waals surface area contributed by atoms with Gasteiger partial charge in [0.15, 0.2) is 0 Å². The second kappa shape index (κ2) is 6.38. The Morgan fingerprint density at radius 3 is 2.40 bits per heavy atom. The fourth-order valence-electron chi connectivity index (χ4n) is 2.03. The number of aryl methyl sites for hydroxylation is 1. The molecule has 0 bridgehead atoms. The Morgan fingerprint density at radius 1 is 1.10 bits per heavy atom. The molecular weight excluding hydrogens is 273 g/mol. The summed E-state index contributed by atoms with van der Waals surface area (Å²) in [5, 5.41) is 4.11. The lowest BCUT2D eigenvalue weighted by Gasteiger charge is -2.12. The standard InChI is InChI=1S/C17H19ClFN/c1-11(2)20-10-15-9-14(4-6-16(15)18)13-5-7-17(19)12(3)8-13/h4-9,11,20H,10H2,1-3H3. The minimum Gasteiger partial charge on any atom is -0.310 e. The summed E-state index contributed by atoms with van der Waals surface area (Å²) < 4.78 is 13.3. The topological polar surface area (TPSA) is 12.0 Å². The molecule has 106 valence electrons. The third kappa shape index (κ3) is 3.59. The maximum Gasteiger partial charge on any atom is 0.126 e. The van der Waals surface area contributed by atoms with E-state index in [9.17, 15) is 4.39 Å². The fraction of sp³-hybridized carbons (Fsp3) is 0.294. The SMILES string of the molecule is Cc1cc(-c2ccc(Cl)c(CNC(C)C)c2)ccc1F. The zero-order chi connectivity index (χ0) is 14.7. The van der Waals surface area contributed by atoms with Crippen molar-refractivity contribution in [3.05, 3.63) is 58.4 Å². The summed E-state index contributed by atoms with van der Waals surface area (Å²) in [5.41, 5.74) is 3.77. The average Bonchev–Trinajstić information content (AvgIpc) is 2.41. The van der Waals surface area contributed by atoms with Crippen LogP contribution in [0.15, 0.2) is 36.4 Å². The third-order valence-electron chi connectivity index (χ3n) is 3.24. The molecule has 3 heteroatoms. The van der Waals surface area contributed by atoms with E-state index < -0.39 is 0 Å². The van der Waals surface area contributed by atoms with Gasteiger partial charge in [0.05, 0.1) is 0 Å². The van der Waals surface area contributed by atoms with Gasteiger partial charge < -0.3 is 5.32 Å². The van der Waals surface area contributed by atoms with Crippen LogP contribution in [0.1, 0.15) is 25.0 Å². The molecule has 2 aromatic rings. The van der Waals surface area contributed by atoms with Crippen molar-refractivity contribution in [2.45, 2.75) is 33.4 Å². The van der Waals surface area contributed by atoms with Crippen molar-refractivity contribution < 1.29 is 4.39 Å². The number of rotatable bonds is 4. The van der Waals surface area contributed by atoms with Crippen LogP contribution in [0.3, 0.4) is 0 Å². The zero-order valence-electron chi connectivity index (χ0n) is 12.0. The average molecular weight is 292 g/mol. The molecule has 0 fully saturated rings. The Balaban J connectivity index is 2.32. The molecule has 2 rings (SSSR count). The first-order valence-electron chi connectivity index (χ1n) is 6.75. The van der Waals surface area contributed by atoms with Crippen LogP contribution >= 0.6 is 11.6 Å². The van der Waals surface area contributed by atoms with E-state index in [0.29, 0.717) is 11.6 Å². The minimum atomic E-state index is -0.176. The molecule has 1 N–H and O–H groups in total. The molecule has 20 heavy (non-hydrogen) atoms.